The first-order chi connectivity index (χ1) is 7.28. The van der Waals surface area contributed by atoms with Gasteiger partial charge in [-0.2, -0.15) is 5.10 Å². The van der Waals surface area contributed by atoms with Gasteiger partial charge in [-0.15, -0.1) is 16.7 Å². The summed E-state index contributed by atoms with van der Waals surface area (Å²) < 4.78 is 3.59. The second-order valence-corrected chi connectivity index (χ2v) is 3.65. The maximum absolute atomic E-state index is 5.63. The van der Waals surface area contributed by atoms with Crippen LogP contribution < -0.4 is 0 Å². The molecule has 2 aromatic heterocycles. The summed E-state index contributed by atoms with van der Waals surface area (Å²) in [5.41, 5.74) is 2.00. The third kappa shape index (κ3) is 2.56. The van der Waals surface area contributed by atoms with Crippen molar-refractivity contribution in [3.63, 3.8) is 0 Å². The quantitative estimate of drug-likeness (QED) is 0.730. The van der Waals surface area contributed by atoms with E-state index in [2.05, 4.69) is 15.4 Å². The van der Waals surface area contributed by atoms with E-state index in [1.807, 2.05) is 25.6 Å². The Hall–Kier alpha value is -1.36. The third-order valence-corrected chi connectivity index (χ3v) is 2.38. The molecule has 0 aliphatic rings. The molecular weight excluding hydrogens is 214 g/mol. The molecule has 5 nitrogen and oxygen atoms in total. The highest BCUT2D eigenvalue weighted by Gasteiger charge is 2.00. The van der Waals surface area contributed by atoms with E-state index >= 15 is 0 Å². The molecule has 2 rings (SSSR count). The van der Waals surface area contributed by atoms with E-state index in [4.69, 9.17) is 11.6 Å². The van der Waals surface area contributed by atoms with Gasteiger partial charge in [0.05, 0.1) is 17.8 Å². The first-order valence-corrected chi connectivity index (χ1v) is 5.24. The summed E-state index contributed by atoms with van der Waals surface area (Å²) in [6, 6.07) is 0. The van der Waals surface area contributed by atoms with Crippen molar-refractivity contribution in [3.8, 4) is 0 Å². The van der Waals surface area contributed by atoms with Gasteiger partial charge < -0.3 is 0 Å². The summed E-state index contributed by atoms with van der Waals surface area (Å²) in [5, 5.41) is 12.0. The lowest BCUT2D eigenvalue weighted by Gasteiger charge is -1.96. The van der Waals surface area contributed by atoms with Crippen molar-refractivity contribution in [3.05, 3.63) is 29.8 Å². The van der Waals surface area contributed by atoms with Crippen LogP contribution in [0.25, 0.3) is 0 Å². The highest BCUT2D eigenvalue weighted by Crippen LogP contribution is 2.01. The summed E-state index contributed by atoms with van der Waals surface area (Å²) in [6.07, 6.45) is 6.63. The molecule has 0 fully saturated rings. The van der Waals surface area contributed by atoms with Crippen LogP contribution in [-0.4, -0.2) is 24.8 Å². The van der Waals surface area contributed by atoms with Crippen molar-refractivity contribution in [2.75, 3.05) is 0 Å². The van der Waals surface area contributed by atoms with Gasteiger partial charge in [-0.05, 0) is 12.0 Å². The number of hydrogen-bond acceptors (Lipinski definition) is 3. The van der Waals surface area contributed by atoms with Gasteiger partial charge in [-0.3, -0.25) is 9.36 Å². The lowest BCUT2D eigenvalue weighted by Crippen LogP contribution is -2.01. The van der Waals surface area contributed by atoms with Crippen LogP contribution in [0, 0.1) is 0 Å². The predicted molar refractivity (Wildman–Crippen MR) is 56.5 cm³/mol. The maximum Gasteiger partial charge on any atom is 0.0974 e. The number of halogens is 1. The fraction of sp³-hybridized carbons (Fsp3) is 0.444. The Bertz CT molecular complexity index is 433. The first-order valence-electron chi connectivity index (χ1n) is 4.70. The smallest absolute Gasteiger partial charge is 0.0974 e. The molecular formula is C9H12ClN5. The Labute approximate surface area is 92.7 Å². The molecule has 0 aromatic carbocycles. The van der Waals surface area contributed by atoms with Crippen LogP contribution >= 0.6 is 11.6 Å². The van der Waals surface area contributed by atoms with Crippen molar-refractivity contribution in [1.29, 1.82) is 0 Å². The first kappa shape index (κ1) is 10.2. The number of aryl methyl sites for hydroxylation is 3. The summed E-state index contributed by atoms with van der Waals surface area (Å²) in [5.74, 6) is 0.410. The number of nitrogens with zero attached hydrogens (tertiary/aromatic N) is 5. The van der Waals surface area contributed by atoms with Crippen molar-refractivity contribution >= 4 is 11.6 Å². The Morgan fingerprint density at radius 3 is 2.87 bits per heavy atom. The van der Waals surface area contributed by atoms with E-state index in [9.17, 15) is 0 Å². The van der Waals surface area contributed by atoms with Gasteiger partial charge in [0, 0.05) is 26.0 Å². The Kier molecular flexibility index (Phi) is 3.01. The zero-order chi connectivity index (χ0) is 10.7. The minimum atomic E-state index is 0.410. The molecule has 2 aromatic rings. The average Bonchev–Trinajstić information content (AvgIpc) is 2.83. The molecule has 0 radical (unpaired) electrons. The molecule has 0 saturated heterocycles. The highest BCUT2D eigenvalue weighted by molar-refractivity contribution is 6.16. The number of alkyl halides is 1. The average molecular weight is 226 g/mol. The number of rotatable bonds is 4. The lowest BCUT2D eigenvalue weighted by atomic mass is 10.2. The van der Waals surface area contributed by atoms with Gasteiger partial charge in [0.1, 0.15) is 0 Å². The summed E-state index contributed by atoms with van der Waals surface area (Å²) in [7, 11) is 1.91. The van der Waals surface area contributed by atoms with Crippen molar-refractivity contribution in [1.82, 2.24) is 24.8 Å². The van der Waals surface area contributed by atoms with Crippen LogP contribution in [0.1, 0.15) is 11.3 Å². The van der Waals surface area contributed by atoms with Gasteiger partial charge >= 0.3 is 0 Å². The van der Waals surface area contributed by atoms with Crippen LogP contribution in [0.2, 0.25) is 0 Å². The Morgan fingerprint density at radius 1 is 1.40 bits per heavy atom. The number of hydrogen-bond donors (Lipinski definition) is 0. The van der Waals surface area contributed by atoms with E-state index in [0.717, 1.165) is 18.7 Å². The van der Waals surface area contributed by atoms with Gasteiger partial charge in [0.25, 0.3) is 0 Å². The summed E-state index contributed by atoms with van der Waals surface area (Å²) in [6.45, 7) is 0.801. The predicted octanol–water partition coefficient (Wildman–Crippen LogP) is 0.993. The maximum atomic E-state index is 5.63. The highest BCUT2D eigenvalue weighted by atomic mass is 35.5. The lowest BCUT2D eigenvalue weighted by molar-refractivity contribution is 0.589. The van der Waals surface area contributed by atoms with Crippen molar-refractivity contribution in [2.45, 2.75) is 18.8 Å². The number of aromatic nitrogens is 5. The standard InChI is InChI=1S/C9H12ClN5/c1-14-6-8(5-11-14)2-3-15-7-9(4-10)12-13-15/h5-7H,2-4H2,1H3. The SMILES string of the molecule is Cn1cc(CCn2cc(CCl)nn2)cn1. The van der Waals surface area contributed by atoms with Crippen molar-refractivity contribution < 1.29 is 0 Å². The summed E-state index contributed by atoms with van der Waals surface area (Å²) >= 11 is 5.63. The van der Waals surface area contributed by atoms with Gasteiger partial charge in [-0.25, -0.2) is 0 Å². The van der Waals surface area contributed by atoms with Gasteiger partial charge in [0.2, 0.25) is 0 Å². The van der Waals surface area contributed by atoms with E-state index in [-0.39, 0.29) is 0 Å². The van der Waals surface area contributed by atoms with Gasteiger partial charge in [-0.1, -0.05) is 5.21 Å². The van der Waals surface area contributed by atoms with Gasteiger partial charge in [0.15, 0.2) is 0 Å². The van der Waals surface area contributed by atoms with E-state index < -0.39 is 0 Å². The molecule has 0 saturated carbocycles. The van der Waals surface area contributed by atoms with Crippen LogP contribution in [0.4, 0.5) is 0 Å². The van der Waals surface area contributed by atoms with Crippen LogP contribution in [0.15, 0.2) is 18.6 Å². The van der Waals surface area contributed by atoms with Crippen LogP contribution in [0.3, 0.4) is 0 Å². The van der Waals surface area contributed by atoms with Crippen LogP contribution in [-0.2, 0) is 25.9 Å². The molecule has 0 unspecified atom stereocenters. The van der Waals surface area contributed by atoms with E-state index in [1.54, 1.807) is 9.36 Å². The third-order valence-electron chi connectivity index (χ3n) is 2.11. The molecule has 0 amide bonds. The molecule has 15 heavy (non-hydrogen) atoms. The Morgan fingerprint density at radius 2 is 2.27 bits per heavy atom. The molecule has 2 heterocycles. The second-order valence-electron chi connectivity index (χ2n) is 3.38. The molecule has 80 valence electrons. The van der Waals surface area contributed by atoms with Crippen molar-refractivity contribution in [2.24, 2.45) is 7.05 Å². The van der Waals surface area contributed by atoms with Crippen LogP contribution in [0.5, 0.6) is 0 Å². The molecule has 0 atom stereocenters. The summed E-state index contributed by atoms with van der Waals surface area (Å²) in [4.78, 5) is 0. The fourth-order valence-corrected chi connectivity index (χ4v) is 1.48. The minimum absolute atomic E-state index is 0.410. The monoisotopic (exact) mass is 225 g/mol. The molecule has 0 spiro atoms. The zero-order valence-electron chi connectivity index (χ0n) is 8.47. The normalized spacial score (nSPS) is 10.8. The topological polar surface area (TPSA) is 48.5 Å². The second kappa shape index (κ2) is 4.44. The molecule has 0 bridgehead atoms. The fourth-order valence-electron chi connectivity index (χ4n) is 1.35. The Balaban J connectivity index is 1.93. The molecule has 6 heteroatoms. The zero-order valence-corrected chi connectivity index (χ0v) is 9.22. The largest absolute Gasteiger partial charge is 0.276 e. The molecule has 0 aliphatic carbocycles. The molecule has 0 N–H and O–H groups in total. The molecule has 0 aliphatic heterocycles. The van der Waals surface area contributed by atoms with E-state index in [1.165, 1.54) is 5.56 Å². The minimum Gasteiger partial charge on any atom is -0.276 e. The van der Waals surface area contributed by atoms with E-state index in [0.29, 0.717) is 5.88 Å².